The fourth-order valence-electron chi connectivity index (χ4n) is 4.45. The van der Waals surface area contributed by atoms with Gasteiger partial charge in [-0.05, 0) is 41.5 Å². The number of benzene rings is 2. The van der Waals surface area contributed by atoms with E-state index in [-0.39, 0.29) is 36.2 Å². The average molecular weight is 623 g/mol. The van der Waals surface area contributed by atoms with Crippen molar-refractivity contribution >= 4 is 55.0 Å². The van der Waals surface area contributed by atoms with Crippen molar-refractivity contribution in [2.24, 2.45) is 11.3 Å². The van der Waals surface area contributed by atoms with E-state index in [0.717, 1.165) is 10.3 Å². The number of carbonyl (C=O) groups is 2. The first-order chi connectivity index (χ1) is 19.2. The maximum atomic E-state index is 13.8. The van der Waals surface area contributed by atoms with E-state index in [2.05, 4.69) is 15.6 Å². The molecule has 0 fully saturated rings. The predicted molar refractivity (Wildman–Crippen MR) is 163 cm³/mol. The molecule has 3 aromatic rings. The van der Waals surface area contributed by atoms with Crippen LogP contribution in [0.3, 0.4) is 0 Å². The van der Waals surface area contributed by atoms with Gasteiger partial charge in [0.1, 0.15) is 11.9 Å². The topological polar surface area (TPSA) is 129 Å². The Bertz CT molecular complexity index is 1420. The van der Waals surface area contributed by atoms with Crippen molar-refractivity contribution < 1.29 is 23.1 Å². The van der Waals surface area contributed by atoms with E-state index < -0.39 is 45.4 Å². The molecule has 0 saturated carbocycles. The monoisotopic (exact) mass is 622 g/mol. The van der Waals surface area contributed by atoms with Crippen molar-refractivity contribution in [1.82, 2.24) is 19.9 Å². The second-order valence-corrected chi connectivity index (χ2v) is 14.7. The highest BCUT2D eigenvalue weighted by atomic mass is 35.5. The lowest BCUT2D eigenvalue weighted by atomic mass is 9.85. The number of rotatable bonds is 13. The molecular weight excluding hydrogens is 584 g/mol. The summed E-state index contributed by atoms with van der Waals surface area (Å²) in [6.07, 6.45) is -1.01. The number of aromatic nitrogens is 1. The van der Waals surface area contributed by atoms with Gasteiger partial charge in [-0.3, -0.25) is 9.59 Å². The number of fused-ring (bicyclic) bond motifs is 1. The van der Waals surface area contributed by atoms with Crippen LogP contribution in [0.5, 0.6) is 0 Å². The van der Waals surface area contributed by atoms with Crippen LogP contribution in [0.1, 0.15) is 40.2 Å². The predicted octanol–water partition coefficient (Wildman–Crippen LogP) is 3.80. The van der Waals surface area contributed by atoms with E-state index in [4.69, 9.17) is 11.6 Å². The van der Waals surface area contributed by atoms with Gasteiger partial charge in [0.15, 0.2) is 0 Å². The van der Waals surface area contributed by atoms with E-state index in [0.29, 0.717) is 5.52 Å². The second kappa shape index (κ2) is 14.1. The first kappa shape index (κ1) is 32.9. The number of hydrogen-bond donors (Lipinski definition) is 3. The van der Waals surface area contributed by atoms with Crippen LogP contribution in [0.25, 0.3) is 10.2 Å². The van der Waals surface area contributed by atoms with Gasteiger partial charge in [0.2, 0.25) is 21.8 Å². The quantitative estimate of drug-likeness (QED) is 0.249. The van der Waals surface area contributed by atoms with Crippen LogP contribution in [0.4, 0.5) is 0 Å². The summed E-state index contributed by atoms with van der Waals surface area (Å²) in [5.41, 5.74) is 2.57. The van der Waals surface area contributed by atoms with Gasteiger partial charge in [-0.1, -0.05) is 65.0 Å². The van der Waals surface area contributed by atoms with Gasteiger partial charge in [-0.15, -0.1) is 22.9 Å². The number of nitrogens with zero attached hydrogens (tertiary/aromatic N) is 2. The fraction of sp³-hybridized carbons (Fsp3) is 0.483. The lowest BCUT2D eigenvalue weighted by Gasteiger charge is -2.34. The Hall–Kier alpha value is -2.57. The minimum atomic E-state index is -3.99. The van der Waals surface area contributed by atoms with Crippen LogP contribution in [-0.4, -0.2) is 71.8 Å². The molecule has 3 atom stereocenters. The Morgan fingerprint density at radius 3 is 2.37 bits per heavy atom. The molecule has 0 saturated heterocycles. The molecular formula is C29H39ClN4O5S2. The summed E-state index contributed by atoms with van der Waals surface area (Å²) in [7, 11) is -3.99. The third-order valence-corrected chi connectivity index (χ3v) is 9.41. The SMILES string of the molecule is CC(C)CN(CC(O)C(Cc1ccccc1)NC(=O)C(NC(=O)CCl)C(C)(C)C)S(=O)(=O)c1ccc2ncsc2c1. The molecule has 3 rings (SSSR count). The van der Waals surface area contributed by atoms with Crippen LogP contribution in [0.2, 0.25) is 0 Å². The number of alkyl halides is 1. The third-order valence-electron chi connectivity index (χ3n) is 6.55. The Morgan fingerprint density at radius 2 is 1.76 bits per heavy atom. The van der Waals surface area contributed by atoms with E-state index in [9.17, 15) is 23.1 Å². The number of aliphatic hydroxyl groups excluding tert-OH is 1. The first-order valence-corrected chi connectivity index (χ1v) is 16.3. The van der Waals surface area contributed by atoms with Gasteiger partial charge in [-0.25, -0.2) is 13.4 Å². The van der Waals surface area contributed by atoms with Crippen LogP contribution in [0.15, 0.2) is 58.9 Å². The number of hydrogen-bond acceptors (Lipinski definition) is 7. The van der Waals surface area contributed by atoms with Gasteiger partial charge in [0.25, 0.3) is 0 Å². The number of carbonyl (C=O) groups excluding carboxylic acids is 2. The van der Waals surface area contributed by atoms with E-state index in [1.165, 1.54) is 21.7 Å². The zero-order chi connectivity index (χ0) is 30.4. The summed E-state index contributed by atoms with van der Waals surface area (Å²) in [6.45, 7) is 9.16. The van der Waals surface area contributed by atoms with Crippen molar-refractivity contribution in [2.45, 2.75) is 64.1 Å². The normalized spacial score (nSPS) is 14.7. The zero-order valence-corrected chi connectivity index (χ0v) is 26.4. The minimum Gasteiger partial charge on any atom is -0.390 e. The number of aliphatic hydroxyl groups is 1. The number of nitrogens with one attached hydrogen (secondary N) is 2. The Morgan fingerprint density at radius 1 is 1.07 bits per heavy atom. The highest BCUT2D eigenvalue weighted by Gasteiger charge is 2.36. The van der Waals surface area contributed by atoms with Gasteiger partial charge in [-0.2, -0.15) is 4.31 Å². The molecule has 1 heterocycles. The van der Waals surface area contributed by atoms with E-state index >= 15 is 0 Å². The first-order valence-electron chi connectivity index (χ1n) is 13.4. The molecule has 0 aliphatic carbocycles. The Kier molecular flexibility index (Phi) is 11.3. The zero-order valence-electron chi connectivity index (χ0n) is 24.0. The summed E-state index contributed by atoms with van der Waals surface area (Å²) in [6, 6.07) is 12.3. The fourth-order valence-corrected chi connectivity index (χ4v) is 6.97. The maximum absolute atomic E-state index is 13.8. The van der Waals surface area contributed by atoms with Crippen LogP contribution in [-0.2, 0) is 26.0 Å². The standard InChI is InChI=1S/C29H39ClN4O5S2/c1-19(2)16-34(41(38,39)21-11-12-22-25(14-21)40-18-31-22)17-24(35)23(13-20-9-7-6-8-10-20)32-28(37)27(29(3,4)5)33-26(36)15-30/h6-12,14,18-19,23-24,27,35H,13,15-17H2,1-5H3,(H,32,37)(H,33,36). The summed E-state index contributed by atoms with van der Waals surface area (Å²) < 4.78 is 29.7. The molecule has 2 amide bonds. The molecule has 9 nitrogen and oxygen atoms in total. The van der Waals surface area contributed by atoms with Crippen LogP contribution < -0.4 is 10.6 Å². The molecule has 41 heavy (non-hydrogen) atoms. The number of halogens is 1. The highest BCUT2D eigenvalue weighted by Crippen LogP contribution is 2.26. The van der Waals surface area contributed by atoms with Crippen molar-refractivity contribution in [3.8, 4) is 0 Å². The lowest BCUT2D eigenvalue weighted by Crippen LogP contribution is -2.59. The van der Waals surface area contributed by atoms with Crippen LogP contribution in [0, 0.1) is 11.3 Å². The van der Waals surface area contributed by atoms with Gasteiger partial charge in [0, 0.05) is 13.1 Å². The van der Waals surface area contributed by atoms with Gasteiger partial charge in [0.05, 0.1) is 32.8 Å². The average Bonchev–Trinajstić information content (AvgIpc) is 3.38. The molecule has 3 unspecified atom stereocenters. The van der Waals surface area contributed by atoms with Crippen molar-refractivity contribution in [3.63, 3.8) is 0 Å². The third kappa shape index (κ3) is 8.96. The smallest absolute Gasteiger partial charge is 0.243 e. The number of sulfonamides is 1. The molecule has 2 aromatic carbocycles. The number of thiazole rings is 1. The minimum absolute atomic E-state index is 0.0256. The van der Waals surface area contributed by atoms with Gasteiger partial charge >= 0.3 is 0 Å². The molecule has 0 radical (unpaired) electrons. The van der Waals surface area contributed by atoms with E-state index in [1.807, 2.05) is 65.0 Å². The molecule has 0 bridgehead atoms. The van der Waals surface area contributed by atoms with Gasteiger partial charge < -0.3 is 15.7 Å². The lowest BCUT2D eigenvalue weighted by molar-refractivity contribution is -0.131. The highest BCUT2D eigenvalue weighted by molar-refractivity contribution is 7.89. The Labute approximate surface area is 251 Å². The Balaban J connectivity index is 1.92. The second-order valence-electron chi connectivity index (χ2n) is 11.6. The van der Waals surface area contributed by atoms with Crippen LogP contribution >= 0.6 is 22.9 Å². The summed E-state index contributed by atoms with van der Waals surface area (Å²) in [5, 5.41) is 17.1. The largest absolute Gasteiger partial charge is 0.390 e. The maximum Gasteiger partial charge on any atom is 0.243 e. The molecule has 1 aromatic heterocycles. The molecule has 0 spiro atoms. The molecule has 0 aliphatic heterocycles. The summed E-state index contributed by atoms with van der Waals surface area (Å²) in [5.74, 6) is -1.31. The van der Waals surface area contributed by atoms with E-state index in [1.54, 1.807) is 17.6 Å². The van der Waals surface area contributed by atoms with Crippen molar-refractivity contribution in [1.29, 1.82) is 0 Å². The van der Waals surface area contributed by atoms with Crippen molar-refractivity contribution in [2.75, 3.05) is 19.0 Å². The number of amides is 2. The molecule has 0 aliphatic rings. The van der Waals surface area contributed by atoms with Crippen molar-refractivity contribution in [3.05, 3.63) is 59.6 Å². The molecule has 12 heteroatoms. The summed E-state index contributed by atoms with van der Waals surface area (Å²) in [4.78, 5) is 29.9. The summed E-state index contributed by atoms with van der Waals surface area (Å²) >= 11 is 7.03. The molecule has 224 valence electrons. The molecule has 3 N–H and O–H groups in total.